The molecule has 0 fully saturated rings. The van der Waals surface area contributed by atoms with Gasteiger partial charge in [0.25, 0.3) is 0 Å². The van der Waals surface area contributed by atoms with E-state index in [-0.39, 0.29) is 12.3 Å². The predicted octanol–water partition coefficient (Wildman–Crippen LogP) is 9.02. The van der Waals surface area contributed by atoms with Crippen LogP contribution < -0.4 is 14.7 Å². The summed E-state index contributed by atoms with van der Waals surface area (Å²) in [4.78, 5) is 14.3. The number of rotatable bonds is 9. The van der Waals surface area contributed by atoms with Crippen LogP contribution in [0.1, 0.15) is 43.9 Å². The smallest absolute Gasteiger partial charge is 0.159 e. The Bertz CT molecular complexity index is 2080. The van der Waals surface area contributed by atoms with Gasteiger partial charge in [0.1, 0.15) is 24.1 Å². The summed E-state index contributed by atoms with van der Waals surface area (Å²) in [6.45, 7) is 11.0. The van der Waals surface area contributed by atoms with Crippen LogP contribution in [0, 0.1) is 6.92 Å². The van der Waals surface area contributed by atoms with Crippen LogP contribution in [-0.4, -0.2) is 53.3 Å². The Kier molecular flexibility index (Phi) is 7.98. The van der Waals surface area contributed by atoms with Gasteiger partial charge in [-0.2, -0.15) is 0 Å². The first-order valence-electron chi connectivity index (χ1n) is 17.6. The Morgan fingerprint density at radius 2 is 1.20 bits per heavy atom. The number of furan rings is 1. The summed E-state index contributed by atoms with van der Waals surface area (Å²) >= 11 is 0. The summed E-state index contributed by atoms with van der Waals surface area (Å²) in [7, 11) is 2.13. The molecule has 4 aromatic carbocycles. The topological polar surface area (TPSA) is 32.6 Å². The third-order valence-electron chi connectivity index (χ3n) is 10.8. The molecule has 0 saturated heterocycles. The van der Waals surface area contributed by atoms with Crippen molar-refractivity contribution in [2.45, 2.75) is 59.0 Å². The molecule has 3 unspecified atom stereocenters. The standard InChI is InChI=1S/C42H46N6O/c1-30-13-6-9-16-38(30)46-27-24-44(32(46)3)21-12-22-45-25-28-47(33(45)4)39-17-10-7-14-34(39)29-35-19-20-37-36-15-8-11-18-40(36)49-42(37)41(35)48-26-23-43(5)31(48)2/h6-11,13-20,23-28,31-33H,12,21-22,29H2,1-5H3. The molecule has 7 nitrogen and oxygen atoms in total. The molecular weight excluding hydrogens is 605 g/mol. The van der Waals surface area contributed by atoms with Gasteiger partial charge in [-0.1, -0.05) is 66.7 Å². The number of aryl methyl sites for hydroxylation is 1. The third-order valence-corrected chi connectivity index (χ3v) is 10.8. The Balaban J connectivity index is 0.996. The normalized spacial score (nSPS) is 20.4. The molecule has 0 saturated carbocycles. The van der Waals surface area contributed by atoms with Crippen LogP contribution in [0.15, 0.2) is 127 Å². The highest BCUT2D eigenvalue weighted by Gasteiger charge is 2.29. The summed E-state index contributed by atoms with van der Waals surface area (Å²) in [5.41, 5.74) is 9.41. The van der Waals surface area contributed by atoms with Gasteiger partial charge in [0.05, 0.1) is 5.69 Å². The van der Waals surface area contributed by atoms with Crippen molar-refractivity contribution in [3.05, 3.63) is 139 Å². The molecule has 3 atom stereocenters. The molecule has 3 aliphatic rings. The number of anilines is 3. The molecular formula is C42H46N6O. The van der Waals surface area contributed by atoms with Gasteiger partial charge in [-0.05, 0) is 69.0 Å². The molecule has 0 amide bonds. The molecule has 250 valence electrons. The van der Waals surface area contributed by atoms with Crippen molar-refractivity contribution in [3.63, 3.8) is 0 Å². The molecule has 3 aliphatic heterocycles. The van der Waals surface area contributed by atoms with Crippen molar-refractivity contribution in [2.24, 2.45) is 0 Å². The summed E-state index contributed by atoms with van der Waals surface area (Å²) in [6, 6.07) is 30.4. The number of benzene rings is 4. The zero-order valence-electron chi connectivity index (χ0n) is 29.2. The molecule has 0 N–H and O–H groups in total. The molecule has 1 aromatic heterocycles. The van der Waals surface area contributed by atoms with Crippen molar-refractivity contribution in [3.8, 4) is 0 Å². The maximum absolute atomic E-state index is 6.60. The fourth-order valence-electron chi connectivity index (χ4n) is 7.75. The lowest BCUT2D eigenvalue weighted by atomic mass is 9.98. The summed E-state index contributed by atoms with van der Waals surface area (Å²) < 4.78 is 6.60. The fraction of sp³-hybridized carbons (Fsp3) is 0.286. The van der Waals surface area contributed by atoms with Gasteiger partial charge in [0.15, 0.2) is 5.58 Å². The van der Waals surface area contributed by atoms with Crippen LogP contribution in [-0.2, 0) is 6.42 Å². The van der Waals surface area contributed by atoms with E-state index in [0.29, 0.717) is 6.17 Å². The maximum Gasteiger partial charge on any atom is 0.159 e. The van der Waals surface area contributed by atoms with Crippen LogP contribution in [0.2, 0.25) is 0 Å². The lowest BCUT2D eigenvalue weighted by Crippen LogP contribution is -2.39. The van der Waals surface area contributed by atoms with Crippen molar-refractivity contribution < 1.29 is 4.42 Å². The Morgan fingerprint density at radius 3 is 1.92 bits per heavy atom. The minimum Gasteiger partial charge on any atom is -0.454 e. The van der Waals surface area contributed by atoms with E-state index in [9.17, 15) is 0 Å². The van der Waals surface area contributed by atoms with E-state index >= 15 is 0 Å². The molecule has 4 heterocycles. The van der Waals surface area contributed by atoms with Gasteiger partial charge in [-0.3, -0.25) is 0 Å². The Labute approximate surface area is 290 Å². The monoisotopic (exact) mass is 650 g/mol. The minimum absolute atomic E-state index is 0.187. The van der Waals surface area contributed by atoms with Crippen LogP contribution in [0.3, 0.4) is 0 Å². The molecule has 5 aromatic rings. The number of fused-ring (bicyclic) bond motifs is 3. The Hall–Kier alpha value is -5.30. The highest BCUT2D eigenvalue weighted by atomic mass is 16.3. The molecule has 0 radical (unpaired) electrons. The molecule has 8 rings (SSSR count). The van der Waals surface area contributed by atoms with Crippen molar-refractivity contribution >= 4 is 39.0 Å². The molecule has 7 heteroatoms. The van der Waals surface area contributed by atoms with Gasteiger partial charge in [-0.25, -0.2) is 0 Å². The molecule has 0 aliphatic carbocycles. The van der Waals surface area contributed by atoms with Crippen LogP contribution >= 0.6 is 0 Å². The first-order valence-corrected chi connectivity index (χ1v) is 17.6. The van der Waals surface area contributed by atoms with Crippen molar-refractivity contribution in [1.29, 1.82) is 0 Å². The number of hydrogen-bond acceptors (Lipinski definition) is 7. The SMILES string of the molecule is Cc1ccccc1N1C=CN(CCCN2C=CN(c3ccccc3Cc3ccc4c(oc5ccccc54)c3N3C=CN(C)C3C)C2C)C1C. The second-order valence-electron chi connectivity index (χ2n) is 13.6. The van der Waals surface area contributed by atoms with E-state index in [2.05, 4.69) is 180 Å². The zero-order valence-corrected chi connectivity index (χ0v) is 29.2. The number of hydrogen-bond donors (Lipinski definition) is 0. The predicted molar refractivity (Wildman–Crippen MR) is 203 cm³/mol. The van der Waals surface area contributed by atoms with Crippen LogP contribution in [0.4, 0.5) is 17.1 Å². The van der Waals surface area contributed by atoms with Gasteiger partial charge in [0.2, 0.25) is 0 Å². The van der Waals surface area contributed by atoms with Gasteiger partial charge < -0.3 is 33.8 Å². The van der Waals surface area contributed by atoms with E-state index in [4.69, 9.17) is 4.42 Å². The van der Waals surface area contributed by atoms with E-state index in [1.54, 1.807) is 0 Å². The van der Waals surface area contributed by atoms with Crippen LogP contribution in [0.25, 0.3) is 21.9 Å². The van der Waals surface area contributed by atoms with E-state index in [0.717, 1.165) is 53.6 Å². The molecule has 49 heavy (non-hydrogen) atoms. The average molecular weight is 651 g/mol. The van der Waals surface area contributed by atoms with Gasteiger partial charge in [0, 0.05) is 85.9 Å². The number of para-hydroxylation sites is 3. The average Bonchev–Trinajstić information content (AvgIpc) is 3.87. The fourth-order valence-corrected chi connectivity index (χ4v) is 7.75. The quantitative estimate of drug-likeness (QED) is 0.157. The van der Waals surface area contributed by atoms with E-state index in [1.165, 1.54) is 28.1 Å². The number of nitrogens with zero attached hydrogens (tertiary/aromatic N) is 6. The third kappa shape index (κ3) is 5.47. The maximum atomic E-state index is 6.60. The zero-order chi connectivity index (χ0) is 33.6. The van der Waals surface area contributed by atoms with Crippen LogP contribution in [0.5, 0.6) is 0 Å². The lowest BCUT2D eigenvalue weighted by Gasteiger charge is -2.33. The Morgan fingerprint density at radius 1 is 0.571 bits per heavy atom. The summed E-state index contributed by atoms with van der Waals surface area (Å²) in [5.74, 6) is 0. The van der Waals surface area contributed by atoms with Gasteiger partial charge >= 0.3 is 0 Å². The largest absolute Gasteiger partial charge is 0.454 e. The van der Waals surface area contributed by atoms with E-state index in [1.807, 2.05) is 6.07 Å². The highest BCUT2D eigenvalue weighted by molar-refractivity contribution is 6.09. The highest BCUT2D eigenvalue weighted by Crippen LogP contribution is 2.41. The summed E-state index contributed by atoms with van der Waals surface area (Å²) in [6.07, 6.45) is 15.9. The first-order chi connectivity index (χ1) is 23.9. The lowest BCUT2D eigenvalue weighted by molar-refractivity contribution is 0.267. The first kappa shape index (κ1) is 31.0. The second-order valence-corrected chi connectivity index (χ2v) is 13.6. The molecule has 0 spiro atoms. The second kappa shape index (κ2) is 12.6. The van der Waals surface area contributed by atoms with Crippen molar-refractivity contribution in [1.82, 2.24) is 14.7 Å². The molecule has 0 bridgehead atoms. The van der Waals surface area contributed by atoms with Crippen molar-refractivity contribution in [2.75, 3.05) is 34.8 Å². The van der Waals surface area contributed by atoms with Gasteiger partial charge in [-0.15, -0.1) is 0 Å². The van der Waals surface area contributed by atoms with E-state index < -0.39 is 0 Å². The minimum atomic E-state index is 0.187. The summed E-state index contributed by atoms with van der Waals surface area (Å²) in [5, 5.41) is 2.32.